The summed E-state index contributed by atoms with van der Waals surface area (Å²) in [5, 5.41) is 8.98. The van der Waals surface area contributed by atoms with Crippen molar-refractivity contribution in [3.05, 3.63) is 11.6 Å². The Bertz CT molecular complexity index is 103. The maximum atomic E-state index is 8.98. The van der Waals surface area contributed by atoms with E-state index in [0.717, 1.165) is 12.8 Å². The van der Waals surface area contributed by atoms with Crippen LogP contribution in [0.3, 0.4) is 0 Å². The molecular weight excluding hydrogens is 124 g/mol. The van der Waals surface area contributed by atoms with Gasteiger partial charge in [-0.2, -0.15) is 0 Å². The molecule has 0 rings (SSSR count). The molecule has 0 aliphatic carbocycles. The highest BCUT2D eigenvalue weighted by molar-refractivity contribution is 4.98. The van der Waals surface area contributed by atoms with Crippen LogP contribution in [0.2, 0.25) is 0 Å². The van der Waals surface area contributed by atoms with Crippen molar-refractivity contribution >= 4 is 0 Å². The molecule has 0 saturated carbocycles. The highest BCUT2D eigenvalue weighted by Crippen LogP contribution is 2.05. The van der Waals surface area contributed by atoms with Crippen LogP contribution in [0.4, 0.5) is 0 Å². The Hall–Kier alpha value is -0.300. The van der Waals surface area contributed by atoms with E-state index in [9.17, 15) is 0 Å². The Morgan fingerprint density at radius 1 is 1.60 bits per heavy atom. The zero-order valence-corrected chi connectivity index (χ0v) is 7.22. The van der Waals surface area contributed by atoms with Crippen molar-refractivity contribution in [1.29, 1.82) is 0 Å². The number of aliphatic hydroxyl groups excluding tert-OH is 1. The topological polar surface area (TPSA) is 20.2 Å². The molecule has 1 atom stereocenters. The van der Waals surface area contributed by atoms with Crippen LogP contribution in [-0.4, -0.2) is 11.2 Å². The first-order valence-corrected chi connectivity index (χ1v) is 4.00. The fourth-order valence-corrected chi connectivity index (χ4v) is 0.940. The molecule has 0 heterocycles. The minimum absolute atomic E-state index is 0.187. The fraction of sp³-hybridized carbons (Fsp3) is 0.778. The van der Waals surface area contributed by atoms with Crippen molar-refractivity contribution in [3.8, 4) is 0 Å². The van der Waals surface area contributed by atoms with Crippen molar-refractivity contribution in [1.82, 2.24) is 0 Å². The van der Waals surface area contributed by atoms with Crippen molar-refractivity contribution in [3.63, 3.8) is 0 Å². The third-order valence-corrected chi connectivity index (χ3v) is 1.40. The summed E-state index contributed by atoms with van der Waals surface area (Å²) in [6, 6.07) is 0. The highest BCUT2D eigenvalue weighted by atomic mass is 16.3. The summed E-state index contributed by atoms with van der Waals surface area (Å²) >= 11 is 0. The Morgan fingerprint density at radius 3 is 2.60 bits per heavy atom. The molecule has 1 nitrogen and oxygen atoms in total. The van der Waals surface area contributed by atoms with E-state index < -0.39 is 0 Å². The van der Waals surface area contributed by atoms with Crippen molar-refractivity contribution in [2.75, 3.05) is 0 Å². The molecule has 0 radical (unpaired) electrons. The Morgan fingerprint density at radius 2 is 2.20 bits per heavy atom. The van der Waals surface area contributed by atoms with E-state index in [-0.39, 0.29) is 6.10 Å². The van der Waals surface area contributed by atoms with Crippen LogP contribution in [0.25, 0.3) is 0 Å². The summed E-state index contributed by atoms with van der Waals surface area (Å²) in [6.07, 6.45) is 5.16. The number of unbranched alkanes of at least 4 members (excludes halogenated alkanes) is 1. The van der Waals surface area contributed by atoms with Crippen molar-refractivity contribution in [2.24, 2.45) is 0 Å². The van der Waals surface area contributed by atoms with E-state index in [1.165, 1.54) is 12.0 Å². The van der Waals surface area contributed by atoms with Gasteiger partial charge < -0.3 is 5.11 Å². The van der Waals surface area contributed by atoms with Gasteiger partial charge in [-0.25, -0.2) is 0 Å². The van der Waals surface area contributed by atoms with Gasteiger partial charge in [-0.15, -0.1) is 0 Å². The standard InChI is InChI=1S/C9H18O/c1-4-5-6-8(2)7-9(3)10/h6,9-10H,4-5,7H2,1-3H3. The van der Waals surface area contributed by atoms with Gasteiger partial charge in [0.2, 0.25) is 0 Å². The number of allylic oxidation sites excluding steroid dienone is 1. The lowest BCUT2D eigenvalue weighted by molar-refractivity contribution is 0.195. The number of hydrogen-bond donors (Lipinski definition) is 1. The molecule has 0 aromatic carbocycles. The van der Waals surface area contributed by atoms with E-state index >= 15 is 0 Å². The Labute approximate surface area is 63.8 Å². The lowest BCUT2D eigenvalue weighted by atomic mass is 10.1. The molecule has 0 spiro atoms. The van der Waals surface area contributed by atoms with E-state index in [0.29, 0.717) is 0 Å². The predicted molar refractivity (Wildman–Crippen MR) is 45.0 cm³/mol. The van der Waals surface area contributed by atoms with Gasteiger partial charge in [-0.1, -0.05) is 25.0 Å². The van der Waals surface area contributed by atoms with Gasteiger partial charge in [-0.3, -0.25) is 0 Å². The van der Waals surface area contributed by atoms with Gasteiger partial charge in [0.05, 0.1) is 6.10 Å². The first kappa shape index (κ1) is 9.70. The number of aliphatic hydroxyl groups is 1. The lowest BCUT2D eigenvalue weighted by Gasteiger charge is -2.02. The molecule has 1 heteroatoms. The largest absolute Gasteiger partial charge is 0.393 e. The van der Waals surface area contributed by atoms with Crippen molar-refractivity contribution < 1.29 is 5.11 Å². The molecule has 10 heavy (non-hydrogen) atoms. The zero-order chi connectivity index (χ0) is 7.98. The summed E-state index contributed by atoms with van der Waals surface area (Å²) in [5.41, 5.74) is 1.30. The Balaban J connectivity index is 3.49. The van der Waals surface area contributed by atoms with Gasteiger partial charge in [0.15, 0.2) is 0 Å². The molecule has 0 aromatic heterocycles. The molecule has 1 N–H and O–H groups in total. The third kappa shape index (κ3) is 5.83. The van der Waals surface area contributed by atoms with Crippen LogP contribution in [-0.2, 0) is 0 Å². The zero-order valence-electron chi connectivity index (χ0n) is 7.22. The molecule has 60 valence electrons. The number of rotatable bonds is 4. The van der Waals surface area contributed by atoms with Gasteiger partial charge in [0.25, 0.3) is 0 Å². The lowest BCUT2D eigenvalue weighted by Crippen LogP contribution is -1.99. The second kappa shape index (κ2) is 5.48. The van der Waals surface area contributed by atoms with Crippen LogP contribution < -0.4 is 0 Å². The normalized spacial score (nSPS) is 15.4. The molecule has 0 fully saturated rings. The molecule has 0 aliphatic heterocycles. The quantitative estimate of drug-likeness (QED) is 0.598. The fourth-order valence-electron chi connectivity index (χ4n) is 0.940. The Kier molecular flexibility index (Phi) is 5.32. The summed E-state index contributed by atoms with van der Waals surface area (Å²) in [5.74, 6) is 0. The third-order valence-electron chi connectivity index (χ3n) is 1.40. The van der Waals surface area contributed by atoms with Crippen LogP contribution in [0, 0.1) is 0 Å². The average Bonchev–Trinajstić information content (AvgIpc) is 1.82. The maximum Gasteiger partial charge on any atom is 0.0549 e. The second-order valence-electron chi connectivity index (χ2n) is 2.89. The summed E-state index contributed by atoms with van der Waals surface area (Å²) in [4.78, 5) is 0. The van der Waals surface area contributed by atoms with Crippen LogP contribution in [0.1, 0.15) is 40.0 Å². The molecule has 1 unspecified atom stereocenters. The van der Waals surface area contributed by atoms with Crippen LogP contribution in [0.5, 0.6) is 0 Å². The average molecular weight is 142 g/mol. The van der Waals surface area contributed by atoms with E-state index in [1.807, 2.05) is 6.92 Å². The molecule has 0 bridgehead atoms. The van der Waals surface area contributed by atoms with E-state index in [4.69, 9.17) is 5.11 Å². The van der Waals surface area contributed by atoms with Crippen molar-refractivity contribution in [2.45, 2.75) is 46.1 Å². The molecular formula is C9H18O. The van der Waals surface area contributed by atoms with Gasteiger partial charge in [-0.05, 0) is 26.7 Å². The van der Waals surface area contributed by atoms with Gasteiger partial charge >= 0.3 is 0 Å². The smallest absolute Gasteiger partial charge is 0.0549 e. The molecule has 0 aromatic rings. The maximum absolute atomic E-state index is 8.98. The van der Waals surface area contributed by atoms with Crippen LogP contribution >= 0.6 is 0 Å². The van der Waals surface area contributed by atoms with E-state index in [2.05, 4.69) is 19.9 Å². The molecule has 0 amide bonds. The highest BCUT2D eigenvalue weighted by Gasteiger charge is 1.95. The van der Waals surface area contributed by atoms with Gasteiger partial charge in [0.1, 0.15) is 0 Å². The minimum Gasteiger partial charge on any atom is -0.393 e. The summed E-state index contributed by atoms with van der Waals surface area (Å²) in [6.45, 7) is 6.05. The predicted octanol–water partition coefficient (Wildman–Crippen LogP) is 2.50. The second-order valence-corrected chi connectivity index (χ2v) is 2.89. The summed E-state index contributed by atoms with van der Waals surface area (Å²) < 4.78 is 0. The van der Waals surface area contributed by atoms with Crippen LogP contribution in [0.15, 0.2) is 11.6 Å². The number of hydrogen-bond acceptors (Lipinski definition) is 1. The van der Waals surface area contributed by atoms with Gasteiger partial charge in [0, 0.05) is 0 Å². The monoisotopic (exact) mass is 142 g/mol. The minimum atomic E-state index is -0.187. The molecule has 0 saturated heterocycles. The van der Waals surface area contributed by atoms with E-state index in [1.54, 1.807) is 0 Å². The first-order chi connectivity index (χ1) is 4.66. The SMILES string of the molecule is CCCC=C(C)CC(C)O. The molecule has 0 aliphatic rings. The first-order valence-electron chi connectivity index (χ1n) is 4.00. The summed E-state index contributed by atoms with van der Waals surface area (Å²) in [7, 11) is 0.